The van der Waals surface area contributed by atoms with Gasteiger partial charge in [0.1, 0.15) is 5.75 Å². The molecule has 282 valence electrons. The van der Waals surface area contributed by atoms with Crippen molar-refractivity contribution in [2.45, 2.75) is 70.0 Å². The maximum Gasteiger partial charge on any atom is 0.416 e. The van der Waals surface area contributed by atoms with Gasteiger partial charge in [0, 0.05) is 37.7 Å². The molecule has 1 fully saturated rings. The van der Waals surface area contributed by atoms with Crippen molar-refractivity contribution in [3.8, 4) is 5.75 Å². The third-order valence-corrected chi connectivity index (χ3v) is 9.03. The van der Waals surface area contributed by atoms with Crippen LogP contribution in [-0.2, 0) is 33.2 Å². The highest BCUT2D eigenvalue weighted by molar-refractivity contribution is 5.90. The molecule has 5 rings (SSSR count). The van der Waals surface area contributed by atoms with Crippen molar-refractivity contribution in [1.29, 1.82) is 0 Å². The summed E-state index contributed by atoms with van der Waals surface area (Å²) in [4.78, 5) is 38.6. The molecule has 0 aliphatic carbocycles. The lowest BCUT2D eigenvalue weighted by Crippen LogP contribution is -2.48. The number of morpholine rings is 1. The number of aromatic nitrogens is 2. The molecular formula is C35H39F6N5O6. The number of carbonyl (C=O) groups excluding carboxylic acids is 1. The highest BCUT2D eigenvalue weighted by Gasteiger charge is 2.41. The normalized spacial score (nSPS) is 17.8. The molecule has 52 heavy (non-hydrogen) atoms. The van der Waals surface area contributed by atoms with Crippen LogP contribution in [0.25, 0.3) is 0 Å². The van der Waals surface area contributed by atoms with Gasteiger partial charge in [0.15, 0.2) is 0 Å². The summed E-state index contributed by atoms with van der Waals surface area (Å²) >= 11 is 0. The number of aliphatic carboxylic acids is 1. The third kappa shape index (κ3) is 9.16. The van der Waals surface area contributed by atoms with E-state index in [0.717, 1.165) is 0 Å². The Morgan fingerprint density at radius 1 is 0.981 bits per heavy atom. The second kappa shape index (κ2) is 16.3. The number of carboxylic acids is 1. The molecule has 1 N–H and O–H groups in total. The first kappa shape index (κ1) is 38.4. The van der Waals surface area contributed by atoms with Gasteiger partial charge in [0.05, 0.1) is 67.9 Å². The number of nitrogens with zero attached hydrogens (tertiary/aromatic N) is 5. The van der Waals surface area contributed by atoms with Crippen molar-refractivity contribution in [2.75, 3.05) is 54.7 Å². The number of halogens is 6. The Bertz CT molecular complexity index is 1670. The van der Waals surface area contributed by atoms with Crippen molar-refractivity contribution in [2.24, 2.45) is 0 Å². The van der Waals surface area contributed by atoms with Crippen LogP contribution in [0.3, 0.4) is 0 Å². The van der Waals surface area contributed by atoms with Crippen molar-refractivity contribution >= 4 is 29.4 Å². The predicted octanol–water partition coefficient (Wildman–Crippen LogP) is 7.49. The van der Waals surface area contributed by atoms with E-state index < -0.39 is 54.2 Å². The molecule has 2 atom stereocenters. The maximum atomic E-state index is 13.9. The van der Waals surface area contributed by atoms with Gasteiger partial charge in [-0.1, -0.05) is 6.92 Å². The number of hydrogen-bond donors (Lipinski definition) is 1. The number of alkyl halides is 6. The molecule has 0 bridgehead atoms. The number of benzene rings is 2. The fraction of sp³-hybridized carbons (Fsp3) is 0.486. The van der Waals surface area contributed by atoms with Crippen molar-refractivity contribution < 1.29 is 55.2 Å². The lowest BCUT2D eigenvalue weighted by atomic mass is 9.88. The van der Waals surface area contributed by atoms with Gasteiger partial charge in [-0.05, 0) is 67.6 Å². The van der Waals surface area contributed by atoms with Crippen molar-refractivity contribution in [3.05, 3.63) is 71.0 Å². The number of methoxy groups -OCH3 is 1. The zero-order valence-electron chi connectivity index (χ0n) is 28.5. The van der Waals surface area contributed by atoms with E-state index in [2.05, 4.69) is 9.97 Å². The van der Waals surface area contributed by atoms with E-state index in [9.17, 15) is 35.9 Å². The lowest BCUT2D eigenvalue weighted by molar-refractivity contribution is -0.143. The Labute approximate surface area is 296 Å². The average molecular weight is 740 g/mol. The van der Waals surface area contributed by atoms with Gasteiger partial charge in [-0.15, -0.1) is 0 Å². The van der Waals surface area contributed by atoms with Crippen LogP contribution in [0.15, 0.2) is 48.8 Å². The second-order valence-electron chi connectivity index (χ2n) is 12.5. The second-order valence-corrected chi connectivity index (χ2v) is 12.5. The van der Waals surface area contributed by atoms with E-state index in [1.165, 1.54) is 12.0 Å². The van der Waals surface area contributed by atoms with Gasteiger partial charge in [-0.3, -0.25) is 9.69 Å². The molecule has 2 aliphatic heterocycles. The number of ether oxygens (including phenoxy) is 3. The topological polar surface area (TPSA) is 118 Å². The van der Waals surface area contributed by atoms with Gasteiger partial charge < -0.3 is 29.1 Å². The monoisotopic (exact) mass is 739 g/mol. The Morgan fingerprint density at radius 2 is 1.63 bits per heavy atom. The number of fused-ring (bicyclic) bond motifs is 1. The highest BCUT2D eigenvalue weighted by Crippen LogP contribution is 2.45. The number of rotatable bonds is 12. The fourth-order valence-electron chi connectivity index (χ4n) is 6.41. The zero-order chi connectivity index (χ0) is 37.6. The van der Waals surface area contributed by atoms with Gasteiger partial charge in [-0.2, -0.15) is 26.3 Å². The summed E-state index contributed by atoms with van der Waals surface area (Å²) in [7, 11) is 1.43. The molecule has 0 unspecified atom stereocenters. The minimum Gasteiger partial charge on any atom is -0.497 e. The summed E-state index contributed by atoms with van der Waals surface area (Å²) in [6.07, 6.45) is -6.56. The Morgan fingerprint density at radius 3 is 2.21 bits per heavy atom. The predicted molar refractivity (Wildman–Crippen MR) is 177 cm³/mol. The quantitative estimate of drug-likeness (QED) is 0.148. The van der Waals surface area contributed by atoms with Crippen LogP contribution in [0.4, 0.5) is 48.5 Å². The molecule has 0 spiro atoms. The van der Waals surface area contributed by atoms with Crippen LogP contribution in [0.1, 0.15) is 67.3 Å². The standard InChI is InChI=1S/C35H39F6N5O6/c1-3-25-17-30(28-18-27(50-2)7-8-29(28)46(25)33(49)52-11-5-4-6-31(47)48)45(32-42-19-26(20-43-32)44-9-12-51-13-10-44)21-22-14-23(34(36,37)38)16-24(15-22)35(39,40)41/h7-8,14-16,18-20,25,30H,3-6,9-13,17,21H2,1-2H3,(H,47,48)/t25-,30+/m1/s1. The molecule has 3 aromatic rings. The number of carbonyl (C=O) groups is 2. The molecule has 2 aromatic carbocycles. The summed E-state index contributed by atoms with van der Waals surface area (Å²) in [5.74, 6) is -0.528. The van der Waals surface area contributed by atoms with Crippen molar-refractivity contribution in [3.63, 3.8) is 0 Å². The number of unbranched alkanes of at least 4 members (excludes halogenated alkanes) is 1. The van der Waals surface area contributed by atoms with Gasteiger partial charge in [0.25, 0.3) is 0 Å². The molecule has 1 amide bonds. The fourth-order valence-corrected chi connectivity index (χ4v) is 6.41. The van der Waals surface area contributed by atoms with E-state index in [-0.39, 0.29) is 37.0 Å². The van der Waals surface area contributed by atoms with E-state index >= 15 is 0 Å². The molecule has 0 radical (unpaired) electrons. The van der Waals surface area contributed by atoms with Crippen LogP contribution in [0.2, 0.25) is 0 Å². The summed E-state index contributed by atoms with van der Waals surface area (Å²) in [5.41, 5.74) is -1.63. The molecule has 1 saturated heterocycles. The van der Waals surface area contributed by atoms with Gasteiger partial charge in [-0.25, -0.2) is 14.8 Å². The minimum absolute atomic E-state index is 0.0273. The van der Waals surface area contributed by atoms with Crippen LogP contribution in [-0.4, -0.2) is 73.2 Å². The van der Waals surface area contributed by atoms with E-state index in [1.807, 2.05) is 11.8 Å². The van der Waals surface area contributed by atoms with Crippen LogP contribution in [0, 0.1) is 0 Å². The summed E-state index contributed by atoms with van der Waals surface area (Å²) in [6.45, 7) is 3.50. The Hall–Kier alpha value is -4.80. The SMILES string of the molecule is CC[C@@H]1C[C@H](N(Cc2cc(C(F)(F)F)cc(C(F)(F)F)c2)c2ncc(N3CCOCC3)cn2)c2cc(OC)ccc2N1C(=O)OCCCCC(=O)O. The Kier molecular flexibility index (Phi) is 12.0. The van der Waals surface area contributed by atoms with E-state index in [4.69, 9.17) is 19.3 Å². The zero-order valence-corrected chi connectivity index (χ0v) is 28.5. The molecule has 17 heteroatoms. The van der Waals surface area contributed by atoms with E-state index in [1.54, 1.807) is 35.5 Å². The number of carboxylic acid groups (broad SMARTS) is 1. The minimum atomic E-state index is -5.05. The molecule has 0 saturated carbocycles. The first-order chi connectivity index (χ1) is 24.7. The van der Waals surface area contributed by atoms with Gasteiger partial charge in [0.2, 0.25) is 5.95 Å². The van der Waals surface area contributed by atoms with E-state index in [0.29, 0.717) is 80.4 Å². The molecule has 1 aromatic heterocycles. The number of hydrogen-bond acceptors (Lipinski definition) is 9. The molecular weight excluding hydrogens is 700 g/mol. The van der Waals surface area contributed by atoms with Crippen LogP contribution >= 0.6 is 0 Å². The molecule has 3 heterocycles. The number of amides is 1. The first-order valence-electron chi connectivity index (χ1n) is 16.7. The largest absolute Gasteiger partial charge is 0.497 e. The molecule has 11 nitrogen and oxygen atoms in total. The van der Waals surface area contributed by atoms with Gasteiger partial charge >= 0.3 is 24.4 Å². The summed E-state index contributed by atoms with van der Waals surface area (Å²) in [5, 5.41) is 8.92. The number of anilines is 3. The third-order valence-electron chi connectivity index (χ3n) is 9.03. The first-order valence-corrected chi connectivity index (χ1v) is 16.7. The molecule has 2 aliphatic rings. The van der Waals surface area contributed by atoms with Crippen LogP contribution < -0.4 is 19.4 Å². The highest BCUT2D eigenvalue weighted by atomic mass is 19.4. The summed E-state index contributed by atoms with van der Waals surface area (Å²) in [6, 6.07) is 5.09. The maximum absolute atomic E-state index is 13.9. The van der Waals surface area contributed by atoms with Crippen LogP contribution in [0.5, 0.6) is 5.75 Å². The summed E-state index contributed by atoms with van der Waals surface area (Å²) < 4.78 is 100. The van der Waals surface area contributed by atoms with Crippen molar-refractivity contribution in [1.82, 2.24) is 9.97 Å². The lowest BCUT2D eigenvalue weighted by Gasteiger charge is -2.44. The Balaban J connectivity index is 1.59. The average Bonchev–Trinajstić information content (AvgIpc) is 3.12. The smallest absolute Gasteiger partial charge is 0.416 e.